The van der Waals surface area contributed by atoms with Crippen LogP contribution in [0.25, 0.3) is 0 Å². The number of carbonyl (C=O) groups excluding carboxylic acids is 1. The van der Waals surface area contributed by atoms with Gasteiger partial charge in [-0.1, -0.05) is 44.5 Å². The number of allylic oxidation sites excluding steroid dienone is 1. The van der Waals surface area contributed by atoms with E-state index in [1.165, 1.54) is 10.4 Å². The first-order chi connectivity index (χ1) is 17.0. The molecule has 1 spiro atoms. The maximum absolute atomic E-state index is 14.5. The number of aliphatic imine (C=N–C) groups is 1. The zero-order chi connectivity index (χ0) is 24.6. The van der Waals surface area contributed by atoms with Crippen LogP contribution in [-0.2, 0) is 16.1 Å². The summed E-state index contributed by atoms with van der Waals surface area (Å²) in [6.07, 6.45) is 6.86. The molecule has 35 heavy (non-hydrogen) atoms. The highest BCUT2D eigenvalue weighted by Gasteiger charge is 2.68. The molecule has 3 aliphatic rings. The zero-order valence-electron chi connectivity index (χ0n) is 21.0. The van der Waals surface area contributed by atoms with E-state index in [4.69, 9.17) is 14.5 Å². The van der Waals surface area contributed by atoms with Gasteiger partial charge in [-0.2, -0.15) is 0 Å². The molecule has 6 heteroatoms. The molecule has 1 amide bonds. The van der Waals surface area contributed by atoms with Crippen molar-refractivity contribution < 1.29 is 14.3 Å². The van der Waals surface area contributed by atoms with Crippen LogP contribution in [-0.4, -0.2) is 35.6 Å². The number of nitrogens with zero attached hydrogens (tertiary/aromatic N) is 2. The molecule has 2 bridgehead atoms. The van der Waals surface area contributed by atoms with Crippen LogP contribution in [0.1, 0.15) is 68.7 Å². The molecule has 2 aliphatic heterocycles. The van der Waals surface area contributed by atoms with Gasteiger partial charge in [-0.25, -0.2) is 0 Å². The molecular formula is C29H36N2O3S. The summed E-state index contributed by atoms with van der Waals surface area (Å²) in [5.41, 5.74) is 0.930. The number of thiophene rings is 1. The highest BCUT2D eigenvalue weighted by atomic mass is 32.1. The Bertz CT molecular complexity index is 1100. The Labute approximate surface area is 212 Å². The molecule has 3 heterocycles. The summed E-state index contributed by atoms with van der Waals surface area (Å²) in [5, 5.41) is 2.07. The summed E-state index contributed by atoms with van der Waals surface area (Å²) < 4.78 is 12.2. The van der Waals surface area contributed by atoms with Gasteiger partial charge in [0, 0.05) is 11.3 Å². The number of methoxy groups -OCH3 is 1. The van der Waals surface area contributed by atoms with Crippen LogP contribution in [0.15, 0.2) is 59.4 Å². The third-order valence-corrected chi connectivity index (χ3v) is 9.24. The van der Waals surface area contributed by atoms with Gasteiger partial charge < -0.3 is 14.4 Å². The SMILES string of the molecule is C=CC[C@]12C[C@@]3(O[C@H](CCCC)N=C3C[C@H](c3ccc(OC)cc3)[C@H]1C)N(Cc1cccs1)C2=O. The molecule has 0 unspecified atom stereocenters. The maximum Gasteiger partial charge on any atom is 0.232 e. The van der Waals surface area contributed by atoms with E-state index in [-0.39, 0.29) is 24.0 Å². The molecule has 1 saturated carbocycles. The molecular weight excluding hydrogens is 456 g/mol. The monoisotopic (exact) mass is 492 g/mol. The topological polar surface area (TPSA) is 51.1 Å². The Kier molecular flexibility index (Phi) is 6.62. The summed E-state index contributed by atoms with van der Waals surface area (Å²) in [6.45, 7) is 9.07. The number of ether oxygens (including phenoxy) is 2. The molecule has 5 nitrogen and oxygen atoms in total. The first-order valence-corrected chi connectivity index (χ1v) is 13.7. The Morgan fingerprint density at radius 3 is 2.77 bits per heavy atom. The number of fused-ring (bicyclic) bond motifs is 1. The van der Waals surface area contributed by atoms with Gasteiger partial charge in [0.2, 0.25) is 5.91 Å². The third-order valence-electron chi connectivity index (χ3n) is 8.38. The Hall–Kier alpha value is -2.44. The number of benzene rings is 1. The van der Waals surface area contributed by atoms with Crippen LogP contribution in [0, 0.1) is 11.3 Å². The van der Waals surface area contributed by atoms with Crippen molar-refractivity contribution in [2.75, 3.05) is 7.11 Å². The Morgan fingerprint density at radius 2 is 2.11 bits per heavy atom. The van der Waals surface area contributed by atoms with E-state index in [1.807, 2.05) is 29.2 Å². The smallest absolute Gasteiger partial charge is 0.232 e. The van der Waals surface area contributed by atoms with E-state index < -0.39 is 11.1 Å². The molecule has 1 aliphatic carbocycles. The fourth-order valence-corrected chi connectivity index (χ4v) is 7.14. The van der Waals surface area contributed by atoms with E-state index in [9.17, 15) is 4.79 Å². The number of amides is 1. The zero-order valence-corrected chi connectivity index (χ0v) is 21.9. The Balaban J connectivity index is 1.61. The fraction of sp³-hybridized carbons (Fsp3) is 0.517. The van der Waals surface area contributed by atoms with E-state index in [2.05, 4.69) is 44.0 Å². The van der Waals surface area contributed by atoms with Gasteiger partial charge in [-0.3, -0.25) is 9.79 Å². The first kappa shape index (κ1) is 24.3. The van der Waals surface area contributed by atoms with E-state index in [0.717, 1.165) is 37.1 Å². The van der Waals surface area contributed by atoms with Crippen molar-refractivity contribution in [3.05, 3.63) is 64.9 Å². The number of rotatable bonds is 9. The maximum atomic E-state index is 14.5. The van der Waals surface area contributed by atoms with Crippen molar-refractivity contribution in [2.45, 2.75) is 76.8 Å². The average molecular weight is 493 g/mol. The predicted molar refractivity (Wildman–Crippen MR) is 141 cm³/mol. The summed E-state index contributed by atoms with van der Waals surface area (Å²) >= 11 is 1.69. The van der Waals surface area contributed by atoms with Gasteiger partial charge in [-0.15, -0.1) is 17.9 Å². The molecule has 0 radical (unpaired) electrons. The van der Waals surface area contributed by atoms with Gasteiger partial charge in [0.05, 0.1) is 24.8 Å². The molecule has 0 N–H and O–H groups in total. The van der Waals surface area contributed by atoms with Crippen molar-refractivity contribution in [1.29, 1.82) is 0 Å². The number of carbonyl (C=O) groups is 1. The Morgan fingerprint density at radius 1 is 1.31 bits per heavy atom. The lowest BCUT2D eigenvalue weighted by Crippen LogP contribution is -2.52. The van der Waals surface area contributed by atoms with Crippen LogP contribution in [0.2, 0.25) is 0 Å². The number of unbranched alkanes of at least 4 members (excludes halogenated alkanes) is 1. The van der Waals surface area contributed by atoms with E-state index >= 15 is 0 Å². The normalized spacial score (nSPS) is 31.7. The lowest BCUT2D eigenvalue weighted by Gasteiger charge is -2.39. The van der Waals surface area contributed by atoms with Crippen molar-refractivity contribution in [1.82, 2.24) is 4.90 Å². The molecule has 2 aromatic rings. The summed E-state index contributed by atoms with van der Waals surface area (Å²) in [6, 6.07) is 12.5. The van der Waals surface area contributed by atoms with Crippen LogP contribution >= 0.6 is 11.3 Å². The van der Waals surface area contributed by atoms with E-state index in [1.54, 1.807) is 18.4 Å². The van der Waals surface area contributed by atoms with Crippen molar-refractivity contribution in [2.24, 2.45) is 16.3 Å². The minimum atomic E-state index is -0.766. The fourth-order valence-electron chi connectivity index (χ4n) is 6.45. The van der Waals surface area contributed by atoms with Gasteiger partial charge in [0.25, 0.3) is 0 Å². The first-order valence-electron chi connectivity index (χ1n) is 12.8. The van der Waals surface area contributed by atoms with E-state index in [0.29, 0.717) is 19.4 Å². The second kappa shape index (κ2) is 9.55. The van der Waals surface area contributed by atoms with Crippen molar-refractivity contribution in [3.63, 3.8) is 0 Å². The second-order valence-electron chi connectivity index (χ2n) is 10.2. The number of hydrogen-bond donors (Lipinski definition) is 0. The number of hydrogen-bond acceptors (Lipinski definition) is 5. The lowest BCUT2D eigenvalue weighted by molar-refractivity contribution is -0.152. The second-order valence-corrected chi connectivity index (χ2v) is 11.3. The molecule has 5 rings (SSSR count). The minimum Gasteiger partial charge on any atom is -0.497 e. The van der Waals surface area contributed by atoms with Gasteiger partial charge in [0.15, 0.2) is 12.0 Å². The summed E-state index contributed by atoms with van der Waals surface area (Å²) in [4.78, 5) is 22.8. The van der Waals surface area contributed by atoms with Crippen molar-refractivity contribution in [3.8, 4) is 5.75 Å². The highest BCUT2D eigenvalue weighted by molar-refractivity contribution is 7.09. The quantitative estimate of drug-likeness (QED) is 0.373. The van der Waals surface area contributed by atoms with Crippen LogP contribution in [0.4, 0.5) is 0 Å². The summed E-state index contributed by atoms with van der Waals surface area (Å²) in [5.74, 6) is 1.30. The number of likely N-dealkylation sites (tertiary alicyclic amines) is 1. The average Bonchev–Trinajstić information content (AvgIpc) is 3.55. The lowest BCUT2D eigenvalue weighted by atomic mass is 9.66. The molecule has 1 aromatic heterocycles. The highest BCUT2D eigenvalue weighted by Crippen LogP contribution is 2.60. The third kappa shape index (κ3) is 3.95. The minimum absolute atomic E-state index is 0.109. The van der Waals surface area contributed by atoms with Crippen LogP contribution < -0.4 is 4.74 Å². The summed E-state index contributed by atoms with van der Waals surface area (Å²) in [7, 11) is 1.69. The van der Waals surface area contributed by atoms with Gasteiger partial charge >= 0.3 is 0 Å². The molecule has 186 valence electrons. The largest absolute Gasteiger partial charge is 0.497 e. The van der Waals surface area contributed by atoms with Crippen molar-refractivity contribution >= 4 is 23.0 Å². The molecule has 5 atom stereocenters. The van der Waals surface area contributed by atoms with Gasteiger partial charge in [-0.05, 0) is 66.7 Å². The standard InChI is InChI=1S/C29H36N2O3S/c1-5-7-10-26-30-25-17-24(21-11-13-22(33-4)14-12-21)20(3)28(15-6-2)19-29(25,34-26)31(27(28)32)18-23-9-8-16-35-23/h6,8-9,11-14,16,20,24,26H,2,5,7,10,15,17-19H2,1,3-4H3/t20-,24+,26-,28+,29+/m1/s1. The molecule has 1 aromatic carbocycles. The van der Waals surface area contributed by atoms with Gasteiger partial charge in [0.1, 0.15) is 5.75 Å². The van der Waals surface area contributed by atoms with Crippen LogP contribution in [0.3, 0.4) is 0 Å². The predicted octanol–water partition coefficient (Wildman–Crippen LogP) is 6.56. The molecule has 1 saturated heterocycles. The van der Waals surface area contributed by atoms with Crippen LogP contribution in [0.5, 0.6) is 5.75 Å². The molecule has 2 fully saturated rings.